The summed E-state index contributed by atoms with van der Waals surface area (Å²) in [5.41, 5.74) is 0.642. The molecule has 0 aliphatic heterocycles. The Morgan fingerprint density at radius 3 is 2.62 bits per heavy atom. The number of benzene rings is 1. The molecule has 0 radical (unpaired) electrons. The molecule has 0 aliphatic carbocycles. The lowest BCUT2D eigenvalue weighted by atomic mass is 10.0. The van der Waals surface area contributed by atoms with Gasteiger partial charge in [0.15, 0.2) is 5.58 Å². The summed E-state index contributed by atoms with van der Waals surface area (Å²) in [5, 5.41) is 14.3. The van der Waals surface area contributed by atoms with Crippen LogP contribution in [0.1, 0.15) is 39.4 Å². The average molecular weight is 292 g/mol. The highest BCUT2D eigenvalue weighted by Gasteiger charge is 2.34. The lowest BCUT2D eigenvalue weighted by Crippen LogP contribution is -2.46. The number of nitrogens with zero attached hydrogens (tertiary/aromatic N) is 2. The van der Waals surface area contributed by atoms with E-state index in [1.165, 1.54) is 4.90 Å². The Balaban J connectivity index is 2.48. The van der Waals surface area contributed by atoms with Crippen molar-refractivity contribution in [3.05, 3.63) is 23.9 Å². The zero-order valence-electron chi connectivity index (χ0n) is 12.9. The summed E-state index contributed by atoms with van der Waals surface area (Å²) < 4.78 is 10.4. The quantitative estimate of drug-likeness (QED) is 0.934. The molecule has 1 heterocycles. The number of carboxylic acid groups (broad SMARTS) is 1. The van der Waals surface area contributed by atoms with Crippen LogP contribution in [0, 0.1) is 0 Å². The molecule has 1 unspecified atom stereocenters. The Morgan fingerprint density at radius 2 is 2.10 bits per heavy atom. The van der Waals surface area contributed by atoms with Crippen LogP contribution in [0.15, 0.2) is 22.7 Å². The van der Waals surface area contributed by atoms with E-state index in [4.69, 9.17) is 9.26 Å². The lowest BCUT2D eigenvalue weighted by Gasteiger charge is -2.37. The van der Waals surface area contributed by atoms with Gasteiger partial charge in [0.1, 0.15) is 11.4 Å². The Labute approximate surface area is 123 Å². The first-order valence-electron chi connectivity index (χ1n) is 6.71. The molecule has 2 rings (SSSR count). The molecule has 1 aromatic heterocycles. The maximum Gasteiger partial charge on any atom is 0.408 e. The molecular formula is C15H20N2O4. The van der Waals surface area contributed by atoms with Gasteiger partial charge in [-0.25, -0.2) is 4.79 Å². The third-order valence-corrected chi connectivity index (χ3v) is 3.42. The maximum absolute atomic E-state index is 11.6. The van der Waals surface area contributed by atoms with Crippen LogP contribution in [0.4, 0.5) is 4.79 Å². The summed E-state index contributed by atoms with van der Waals surface area (Å²) in [6.07, 6.45) is -0.986. The molecule has 114 valence electrons. The largest absolute Gasteiger partial charge is 0.497 e. The first-order chi connectivity index (χ1) is 9.75. The molecule has 21 heavy (non-hydrogen) atoms. The fourth-order valence-corrected chi connectivity index (χ4v) is 2.52. The van der Waals surface area contributed by atoms with E-state index >= 15 is 0 Å². The predicted octanol–water partition coefficient (Wildman–Crippen LogP) is 3.68. The number of rotatable bonds is 3. The van der Waals surface area contributed by atoms with Gasteiger partial charge in [-0.15, -0.1) is 0 Å². The first kappa shape index (κ1) is 15.2. The molecule has 0 aliphatic rings. The number of fused-ring (bicyclic) bond motifs is 1. The van der Waals surface area contributed by atoms with Crippen molar-refractivity contribution in [1.82, 2.24) is 10.1 Å². The first-order valence-corrected chi connectivity index (χ1v) is 6.71. The minimum atomic E-state index is -0.986. The maximum atomic E-state index is 11.6. The summed E-state index contributed by atoms with van der Waals surface area (Å²) in [6.45, 7) is 7.36. The molecular weight excluding hydrogens is 272 g/mol. The smallest absolute Gasteiger partial charge is 0.408 e. The van der Waals surface area contributed by atoms with Crippen molar-refractivity contribution in [3.8, 4) is 5.75 Å². The monoisotopic (exact) mass is 292 g/mol. The summed E-state index contributed by atoms with van der Waals surface area (Å²) in [7, 11) is 1.58. The van der Waals surface area contributed by atoms with Crippen molar-refractivity contribution in [2.45, 2.75) is 39.3 Å². The van der Waals surface area contributed by atoms with Gasteiger partial charge in [-0.05, 0) is 39.8 Å². The second kappa shape index (κ2) is 5.27. The van der Waals surface area contributed by atoms with Crippen molar-refractivity contribution < 1.29 is 19.2 Å². The van der Waals surface area contributed by atoms with Gasteiger partial charge in [-0.2, -0.15) is 0 Å². The molecule has 1 N–H and O–H groups in total. The highest BCUT2D eigenvalue weighted by Crippen LogP contribution is 2.33. The predicted molar refractivity (Wildman–Crippen MR) is 78.6 cm³/mol. The van der Waals surface area contributed by atoms with Crippen LogP contribution in [0.3, 0.4) is 0 Å². The van der Waals surface area contributed by atoms with Gasteiger partial charge in [-0.3, -0.25) is 4.90 Å². The van der Waals surface area contributed by atoms with Crippen LogP contribution < -0.4 is 4.74 Å². The third-order valence-electron chi connectivity index (χ3n) is 3.42. The molecule has 6 heteroatoms. The van der Waals surface area contributed by atoms with E-state index in [2.05, 4.69) is 5.16 Å². The normalized spacial score (nSPS) is 13.2. The number of carbonyl (C=O) groups is 1. The highest BCUT2D eigenvalue weighted by atomic mass is 16.5. The zero-order chi connectivity index (χ0) is 15.8. The van der Waals surface area contributed by atoms with E-state index < -0.39 is 17.7 Å². The summed E-state index contributed by atoms with van der Waals surface area (Å²) in [6, 6.07) is 4.95. The van der Waals surface area contributed by atoms with Crippen molar-refractivity contribution in [3.63, 3.8) is 0 Å². The Bertz CT molecular complexity index is 657. The van der Waals surface area contributed by atoms with Gasteiger partial charge < -0.3 is 14.4 Å². The Hall–Kier alpha value is -2.24. The fourth-order valence-electron chi connectivity index (χ4n) is 2.52. The van der Waals surface area contributed by atoms with E-state index in [-0.39, 0.29) is 0 Å². The number of aromatic nitrogens is 1. The van der Waals surface area contributed by atoms with E-state index in [0.717, 1.165) is 5.39 Å². The van der Waals surface area contributed by atoms with Crippen LogP contribution in [0.5, 0.6) is 5.75 Å². The van der Waals surface area contributed by atoms with Gasteiger partial charge in [0, 0.05) is 17.0 Å². The molecule has 6 nitrogen and oxygen atoms in total. The second-order valence-electron chi connectivity index (χ2n) is 5.93. The molecule has 0 spiro atoms. The van der Waals surface area contributed by atoms with E-state index in [1.807, 2.05) is 26.8 Å². The molecule has 1 atom stereocenters. The van der Waals surface area contributed by atoms with Crippen molar-refractivity contribution in [1.29, 1.82) is 0 Å². The van der Waals surface area contributed by atoms with Gasteiger partial charge in [0.05, 0.1) is 13.2 Å². The minimum Gasteiger partial charge on any atom is -0.497 e. The van der Waals surface area contributed by atoms with Gasteiger partial charge in [0.2, 0.25) is 0 Å². The number of hydrogen-bond donors (Lipinski definition) is 1. The standard InChI is InChI=1S/C15H20N2O4/c1-9(17(14(18)19)15(2,3)4)13-11-7-6-10(20-5)8-12(11)21-16-13/h6-9H,1-5H3,(H,18,19). The fraction of sp³-hybridized carbons (Fsp3) is 0.467. The van der Waals surface area contributed by atoms with Gasteiger partial charge >= 0.3 is 6.09 Å². The SMILES string of the molecule is COc1ccc2c(C(C)N(C(=O)O)C(C)(C)C)noc2c1. The number of methoxy groups -OCH3 is 1. The summed E-state index contributed by atoms with van der Waals surface area (Å²) >= 11 is 0. The second-order valence-corrected chi connectivity index (χ2v) is 5.93. The van der Waals surface area contributed by atoms with E-state index in [0.29, 0.717) is 17.0 Å². The number of hydrogen-bond acceptors (Lipinski definition) is 4. The number of ether oxygens (including phenoxy) is 1. The van der Waals surface area contributed by atoms with Crippen molar-refractivity contribution in [2.24, 2.45) is 0 Å². The third kappa shape index (κ3) is 2.79. The molecule has 0 bridgehead atoms. The summed E-state index contributed by atoms with van der Waals surface area (Å²) in [5.74, 6) is 0.670. The number of amides is 1. The molecule has 1 aromatic carbocycles. The topological polar surface area (TPSA) is 75.8 Å². The molecule has 0 saturated heterocycles. The molecule has 2 aromatic rings. The van der Waals surface area contributed by atoms with E-state index in [1.54, 1.807) is 26.2 Å². The highest BCUT2D eigenvalue weighted by molar-refractivity contribution is 5.81. The van der Waals surface area contributed by atoms with Gasteiger partial charge in [0.25, 0.3) is 0 Å². The van der Waals surface area contributed by atoms with Crippen LogP contribution in [-0.4, -0.2) is 33.9 Å². The zero-order valence-corrected chi connectivity index (χ0v) is 12.9. The van der Waals surface area contributed by atoms with Gasteiger partial charge in [-0.1, -0.05) is 5.16 Å². The molecule has 0 fully saturated rings. The Morgan fingerprint density at radius 1 is 1.43 bits per heavy atom. The average Bonchev–Trinajstić information content (AvgIpc) is 2.78. The van der Waals surface area contributed by atoms with Crippen LogP contribution in [-0.2, 0) is 0 Å². The lowest BCUT2D eigenvalue weighted by molar-refractivity contribution is 0.0735. The Kier molecular flexibility index (Phi) is 3.80. The minimum absolute atomic E-state index is 0.419. The van der Waals surface area contributed by atoms with Crippen LogP contribution in [0.2, 0.25) is 0 Å². The summed E-state index contributed by atoms with van der Waals surface area (Å²) in [4.78, 5) is 12.9. The molecule has 1 amide bonds. The van der Waals surface area contributed by atoms with Crippen molar-refractivity contribution in [2.75, 3.05) is 7.11 Å². The van der Waals surface area contributed by atoms with Crippen molar-refractivity contribution >= 4 is 17.1 Å². The van der Waals surface area contributed by atoms with E-state index in [9.17, 15) is 9.90 Å². The molecule has 0 saturated carbocycles. The van der Waals surface area contributed by atoms with Crippen LogP contribution >= 0.6 is 0 Å². The van der Waals surface area contributed by atoms with Crippen LogP contribution in [0.25, 0.3) is 11.0 Å².